The van der Waals surface area contributed by atoms with Gasteiger partial charge in [-0.25, -0.2) is 0 Å². The third kappa shape index (κ3) is 3.73. The molecule has 0 unspecified atom stereocenters. The summed E-state index contributed by atoms with van der Waals surface area (Å²) in [6, 6.07) is 9.84. The van der Waals surface area contributed by atoms with Crippen molar-refractivity contribution in [2.24, 2.45) is 0 Å². The van der Waals surface area contributed by atoms with Crippen LogP contribution >= 0.6 is 0 Å². The SMILES string of the molecule is CCOc1ccc(CCNc2ccc3nncn3n2)cc1OCC. The van der Waals surface area contributed by atoms with Crippen molar-refractivity contribution in [3.05, 3.63) is 42.2 Å². The second-order valence-electron chi connectivity index (χ2n) is 5.18. The molecule has 126 valence electrons. The van der Waals surface area contributed by atoms with Crippen LogP contribution in [0.15, 0.2) is 36.7 Å². The minimum atomic E-state index is 0.616. The summed E-state index contributed by atoms with van der Waals surface area (Å²) in [7, 11) is 0. The zero-order chi connectivity index (χ0) is 16.8. The van der Waals surface area contributed by atoms with E-state index in [4.69, 9.17) is 9.47 Å². The smallest absolute Gasteiger partial charge is 0.177 e. The molecule has 0 atom stereocenters. The van der Waals surface area contributed by atoms with Gasteiger partial charge < -0.3 is 14.8 Å². The normalized spacial score (nSPS) is 10.8. The first-order valence-corrected chi connectivity index (χ1v) is 8.09. The third-order valence-electron chi connectivity index (χ3n) is 3.49. The number of aromatic nitrogens is 4. The lowest BCUT2D eigenvalue weighted by Crippen LogP contribution is -2.08. The Morgan fingerprint density at radius 2 is 1.88 bits per heavy atom. The number of nitrogens with zero attached hydrogens (tertiary/aromatic N) is 4. The van der Waals surface area contributed by atoms with E-state index >= 15 is 0 Å². The molecule has 0 spiro atoms. The van der Waals surface area contributed by atoms with E-state index < -0.39 is 0 Å². The van der Waals surface area contributed by atoms with Crippen molar-refractivity contribution < 1.29 is 9.47 Å². The Bertz CT molecular complexity index is 803. The number of nitrogens with one attached hydrogen (secondary N) is 1. The van der Waals surface area contributed by atoms with Gasteiger partial charge in [0.05, 0.1) is 13.2 Å². The number of ether oxygens (including phenoxy) is 2. The van der Waals surface area contributed by atoms with Gasteiger partial charge in [-0.2, -0.15) is 4.52 Å². The summed E-state index contributed by atoms with van der Waals surface area (Å²) in [5.74, 6) is 2.37. The second kappa shape index (κ2) is 7.63. The van der Waals surface area contributed by atoms with Gasteiger partial charge in [0.1, 0.15) is 12.1 Å². The molecule has 24 heavy (non-hydrogen) atoms. The van der Waals surface area contributed by atoms with Gasteiger partial charge in [-0.05, 0) is 50.1 Å². The molecule has 0 amide bonds. The number of hydrogen-bond donors (Lipinski definition) is 1. The van der Waals surface area contributed by atoms with Gasteiger partial charge in [0, 0.05) is 6.54 Å². The molecule has 1 aromatic carbocycles. The van der Waals surface area contributed by atoms with E-state index in [1.54, 1.807) is 10.8 Å². The third-order valence-corrected chi connectivity index (χ3v) is 3.49. The monoisotopic (exact) mass is 327 g/mol. The van der Waals surface area contributed by atoms with Crippen molar-refractivity contribution in [2.45, 2.75) is 20.3 Å². The van der Waals surface area contributed by atoms with Crippen LogP contribution in [0.2, 0.25) is 0 Å². The minimum absolute atomic E-state index is 0.616. The molecule has 3 rings (SSSR count). The summed E-state index contributed by atoms with van der Waals surface area (Å²) in [5.41, 5.74) is 1.91. The molecular formula is C17H21N5O2. The van der Waals surface area contributed by atoms with E-state index in [2.05, 4.69) is 26.7 Å². The summed E-state index contributed by atoms with van der Waals surface area (Å²) < 4.78 is 12.9. The molecule has 2 aromatic heterocycles. The highest BCUT2D eigenvalue weighted by Gasteiger charge is 2.06. The first-order valence-electron chi connectivity index (χ1n) is 8.09. The van der Waals surface area contributed by atoms with E-state index in [0.717, 1.165) is 35.9 Å². The van der Waals surface area contributed by atoms with Gasteiger partial charge in [0.2, 0.25) is 0 Å². The molecular weight excluding hydrogens is 306 g/mol. The number of benzene rings is 1. The van der Waals surface area contributed by atoms with Crippen molar-refractivity contribution in [3.8, 4) is 11.5 Å². The molecule has 0 radical (unpaired) electrons. The molecule has 0 aliphatic rings. The van der Waals surface area contributed by atoms with E-state index in [0.29, 0.717) is 13.2 Å². The fraction of sp³-hybridized carbons (Fsp3) is 0.353. The van der Waals surface area contributed by atoms with Gasteiger partial charge in [-0.1, -0.05) is 6.07 Å². The van der Waals surface area contributed by atoms with Crippen molar-refractivity contribution in [1.29, 1.82) is 0 Å². The van der Waals surface area contributed by atoms with Gasteiger partial charge in [-0.3, -0.25) is 0 Å². The second-order valence-corrected chi connectivity index (χ2v) is 5.18. The van der Waals surface area contributed by atoms with Crippen LogP contribution in [-0.4, -0.2) is 39.6 Å². The van der Waals surface area contributed by atoms with E-state index in [9.17, 15) is 0 Å². The van der Waals surface area contributed by atoms with E-state index in [1.807, 2.05) is 38.1 Å². The first-order chi connectivity index (χ1) is 11.8. The van der Waals surface area contributed by atoms with Crippen LogP contribution in [0.1, 0.15) is 19.4 Å². The Balaban J connectivity index is 1.62. The summed E-state index contributed by atoms with van der Waals surface area (Å²) in [4.78, 5) is 0. The van der Waals surface area contributed by atoms with Crippen molar-refractivity contribution >= 4 is 11.5 Å². The van der Waals surface area contributed by atoms with Crippen LogP contribution in [0.5, 0.6) is 11.5 Å². The lowest BCUT2D eigenvalue weighted by Gasteiger charge is -2.12. The van der Waals surface area contributed by atoms with Crippen LogP contribution in [0, 0.1) is 0 Å². The fourth-order valence-corrected chi connectivity index (χ4v) is 2.41. The van der Waals surface area contributed by atoms with Crippen LogP contribution in [0.25, 0.3) is 5.65 Å². The molecule has 0 fully saturated rings. The molecule has 1 N–H and O–H groups in total. The summed E-state index contributed by atoms with van der Waals surface area (Å²) >= 11 is 0. The summed E-state index contributed by atoms with van der Waals surface area (Å²) in [6.07, 6.45) is 2.44. The van der Waals surface area contributed by atoms with Crippen LogP contribution in [-0.2, 0) is 6.42 Å². The molecule has 0 bridgehead atoms. The number of hydrogen-bond acceptors (Lipinski definition) is 6. The van der Waals surface area contributed by atoms with Crippen molar-refractivity contribution in [2.75, 3.05) is 25.1 Å². The van der Waals surface area contributed by atoms with Crippen LogP contribution in [0.3, 0.4) is 0 Å². The standard InChI is InChI=1S/C17H21N5O2/c1-3-23-14-6-5-13(11-15(14)24-4-2)9-10-18-16-7-8-17-20-19-12-22(17)21-16/h5-8,11-12H,3-4,9-10H2,1-2H3,(H,18,21). The molecule has 0 aliphatic heterocycles. The number of rotatable bonds is 8. The van der Waals surface area contributed by atoms with Crippen molar-refractivity contribution in [1.82, 2.24) is 19.8 Å². The maximum absolute atomic E-state index is 5.66. The highest BCUT2D eigenvalue weighted by atomic mass is 16.5. The minimum Gasteiger partial charge on any atom is -0.490 e. The maximum atomic E-state index is 5.66. The molecule has 3 aromatic rings. The van der Waals surface area contributed by atoms with E-state index in [1.165, 1.54) is 5.56 Å². The topological polar surface area (TPSA) is 73.6 Å². The quantitative estimate of drug-likeness (QED) is 0.685. The Morgan fingerprint density at radius 3 is 2.71 bits per heavy atom. The predicted molar refractivity (Wildman–Crippen MR) is 91.8 cm³/mol. The molecule has 0 saturated carbocycles. The van der Waals surface area contributed by atoms with Crippen molar-refractivity contribution in [3.63, 3.8) is 0 Å². The number of fused-ring (bicyclic) bond motifs is 1. The molecule has 0 saturated heterocycles. The van der Waals surface area contributed by atoms with Gasteiger partial charge in [0.25, 0.3) is 0 Å². The Morgan fingerprint density at radius 1 is 1.04 bits per heavy atom. The summed E-state index contributed by atoms with van der Waals surface area (Å²) in [5, 5.41) is 15.4. The molecule has 2 heterocycles. The summed E-state index contributed by atoms with van der Waals surface area (Å²) in [6.45, 7) is 5.94. The maximum Gasteiger partial charge on any atom is 0.177 e. The average Bonchev–Trinajstić information content (AvgIpc) is 3.05. The van der Waals surface area contributed by atoms with Gasteiger partial charge in [0.15, 0.2) is 17.1 Å². The zero-order valence-electron chi connectivity index (χ0n) is 13.9. The number of anilines is 1. The van der Waals surface area contributed by atoms with Crippen LogP contribution in [0.4, 0.5) is 5.82 Å². The lowest BCUT2D eigenvalue weighted by molar-refractivity contribution is 0.287. The van der Waals surface area contributed by atoms with Gasteiger partial charge >= 0.3 is 0 Å². The van der Waals surface area contributed by atoms with E-state index in [-0.39, 0.29) is 0 Å². The van der Waals surface area contributed by atoms with Gasteiger partial charge in [-0.15, -0.1) is 15.3 Å². The molecule has 0 aliphatic carbocycles. The largest absolute Gasteiger partial charge is 0.490 e. The average molecular weight is 327 g/mol. The zero-order valence-corrected chi connectivity index (χ0v) is 13.9. The Hall–Kier alpha value is -2.83. The fourth-order valence-electron chi connectivity index (χ4n) is 2.41. The first kappa shape index (κ1) is 16.0. The molecule has 7 nitrogen and oxygen atoms in total. The van der Waals surface area contributed by atoms with Crippen LogP contribution < -0.4 is 14.8 Å². The Labute approximate surface area is 140 Å². The highest BCUT2D eigenvalue weighted by Crippen LogP contribution is 2.28. The molecule has 7 heteroatoms. The lowest BCUT2D eigenvalue weighted by atomic mass is 10.1. The highest BCUT2D eigenvalue weighted by molar-refractivity contribution is 5.44. The Kier molecular flexibility index (Phi) is 5.10. The predicted octanol–water partition coefficient (Wildman–Crippen LogP) is 2.58.